The summed E-state index contributed by atoms with van der Waals surface area (Å²) < 4.78 is 0. The van der Waals surface area contributed by atoms with Crippen LogP contribution in [-0.4, -0.2) is 11.8 Å². The zero-order chi connectivity index (χ0) is 8.27. The lowest BCUT2D eigenvalue weighted by Crippen LogP contribution is -2.37. The van der Waals surface area contributed by atoms with Gasteiger partial charge in [-0.05, 0) is 25.7 Å². The molecule has 0 heterocycles. The molecule has 0 radical (unpaired) electrons. The third-order valence-corrected chi connectivity index (χ3v) is 2.63. The number of hydrogen-bond donors (Lipinski definition) is 1. The normalized spacial score (nSPS) is 23.1. The van der Waals surface area contributed by atoms with Crippen LogP contribution in [0.15, 0.2) is 0 Å². The minimum atomic E-state index is -0.185. The molecule has 0 amide bonds. The lowest BCUT2D eigenvalue weighted by atomic mass is 9.83. The summed E-state index contributed by atoms with van der Waals surface area (Å²) in [6.07, 6.45) is 6.14. The summed E-state index contributed by atoms with van der Waals surface area (Å²) in [4.78, 5) is 10.9. The van der Waals surface area contributed by atoms with Crippen LogP contribution in [0.1, 0.15) is 39.0 Å². The van der Waals surface area contributed by atoms with Gasteiger partial charge in [0.15, 0.2) is 0 Å². The molecule has 0 aromatic rings. The van der Waals surface area contributed by atoms with Crippen LogP contribution in [-0.2, 0) is 4.79 Å². The smallest absolute Gasteiger partial charge is 0.146 e. The summed E-state index contributed by atoms with van der Waals surface area (Å²) in [6.45, 7) is 1.60. The maximum Gasteiger partial charge on any atom is 0.146 e. The first kappa shape index (κ1) is 8.72. The molecule has 1 rings (SSSR count). The van der Waals surface area contributed by atoms with Crippen LogP contribution in [0.3, 0.4) is 0 Å². The minimum Gasteiger partial charge on any atom is -0.321 e. The molecule has 64 valence electrons. The zero-order valence-electron chi connectivity index (χ0n) is 7.18. The van der Waals surface area contributed by atoms with E-state index in [1.807, 2.05) is 0 Å². The molecule has 0 aromatic heterocycles. The Morgan fingerprint density at radius 1 is 1.36 bits per heavy atom. The second kappa shape index (κ2) is 3.86. The van der Waals surface area contributed by atoms with Crippen LogP contribution in [0.4, 0.5) is 0 Å². The van der Waals surface area contributed by atoms with E-state index in [9.17, 15) is 4.79 Å². The Morgan fingerprint density at radius 3 is 2.36 bits per heavy atom. The number of rotatable bonds is 2. The van der Waals surface area contributed by atoms with E-state index in [-0.39, 0.29) is 11.8 Å². The molecule has 0 unspecified atom stereocenters. The predicted octanol–water partition coefficient (Wildman–Crippen LogP) is 1.48. The van der Waals surface area contributed by atoms with Crippen molar-refractivity contribution < 1.29 is 4.79 Å². The Morgan fingerprint density at radius 2 is 1.91 bits per heavy atom. The van der Waals surface area contributed by atoms with Crippen molar-refractivity contribution in [1.29, 1.82) is 0 Å². The molecular formula is C9H17NO. The first-order valence-corrected chi connectivity index (χ1v) is 4.48. The number of nitrogens with two attached hydrogens (primary N) is 1. The van der Waals surface area contributed by atoms with Crippen molar-refractivity contribution in [3.8, 4) is 0 Å². The Balaban J connectivity index is 2.38. The molecule has 2 nitrogen and oxygen atoms in total. The average molecular weight is 155 g/mol. The van der Waals surface area contributed by atoms with E-state index < -0.39 is 0 Å². The monoisotopic (exact) mass is 155 g/mol. The fourth-order valence-corrected chi connectivity index (χ4v) is 1.83. The van der Waals surface area contributed by atoms with Crippen molar-refractivity contribution in [3.05, 3.63) is 0 Å². The number of Topliss-reactive ketones (excluding diaryl/α,β-unsaturated/α-hetero) is 1. The SMILES string of the molecule is CC(=O)[C@H](N)C1CCCCC1. The maximum atomic E-state index is 10.9. The topological polar surface area (TPSA) is 43.1 Å². The molecule has 0 aromatic carbocycles. The van der Waals surface area contributed by atoms with Gasteiger partial charge in [-0.25, -0.2) is 0 Å². The molecule has 1 fully saturated rings. The third kappa shape index (κ3) is 2.29. The van der Waals surface area contributed by atoms with Crippen LogP contribution < -0.4 is 5.73 Å². The average Bonchev–Trinajstić information content (AvgIpc) is 2.05. The number of carbonyl (C=O) groups is 1. The molecule has 1 aliphatic rings. The predicted molar refractivity (Wildman–Crippen MR) is 45.2 cm³/mol. The van der Waals surface area contributed by atoms with Gasteiger partial charge in [0.1, 0.15) is 5.78 Å². The van der Waals surface area contributed by atoms with Crippen molar-refractivity contribution in [2.75, 3.05) is 0 Å². The Kier molecular flexibility index (Phi) is 3.06. The van der Waals surface area contributed by atoms with Gasteiger partial charge in [0, 0.05) is 0 Å². The number of ketones is 1. The fraction of sp³-hybridized carbons (Fsp3) is 0.889. The Hall–Kier alpha value is -0.370. The summed E-state index contributed by atoms with van der Waals surface area (Å²) in [5.41, 5.74) is 5.74. The van der Waals surface area contributed by atoms with E-state index in [0.717, 1.165) is 12.8 Å². The first-order valence-electron chi connectivity index (χ1n) is 4.48. The second-order valence-corrected chi connectivity index (χ2v) is 3.53. The molecule has 0 aliphatic heterocycles. The second-order valence-electron chi connectivity index (χ2n) is 3.53. The van der Waals surface area contributed by atoms with Crippen LogP contribution in [0, 0.1) is 5.92 Å². The minimum absolute atomic E-state index is 0.150. The summed E-state index contributed by atoms with van der Waals surface area (Å²) in [6, 6.07) is -0.185. The van der Waals surface area contributed by atoms with Gasteiger partial charge in [-0.1, -0.05) is 19.3 Å². The third-order valence-electron chi connectivity index (χ3n) is 2.63. The van der Waals surface area contributed by atoms with Crippen LogP contribution in [0.2, 0.25) is 0 Å². The van der Waals surface area contributed by atoms with Crippen LogP contribution in [0.25, 0.3) is 0 Å². The van der Waals surface area contributed by atoms with Gasteiger partial charge in [0.25, 0.3) is 0 Å². The van der Waals surface area contributed by atoms with Gasteiger partial charge >= 0.3 is 0 Å². The van der Waals surface area contributed by atoms with Crippen LogP contribution in [0.5, 0.6) is 0 Å². The summed E-state index contributed by atoms with van der Waals surface area (Å²) >= 11 is 0. The molecule has 11 heavy (non-hydrogen) atoms. The molecule has 0 saturated heterocycles. The Bertz CT molecular complexity index is 138. The van der Waals surface area contributed by atoms with Crippen molar-refractivity contribution in [2.24, 2.45) is 11.7 Å². The molecule has 1 atom stereocenters. The van der Waals surface area contributed by atoms with Crippen molar-refractivity contribution >= 4 is 5.78 Å². The maximum absolute atomic E-state index is 10.9. The quantitative estimate of drug-likeness (QED) is 0.656. The van der Waals surface area contributed by atoms with E-state index in [2.05, 4.69) is 0 Å². The standard InChI is InChI=1S/C9H17NO/c1-7(11)9(10)8-5-3-2-4-6-8/h8-9H,2-6,10H2,1H3/t9-/m0/s1. The van der Waals surface area contributed by atoms with Gasteiger partial charge in [-0.15, -0.1) is 0 Å². The lowest BCUT2D eigenvalue weighted by molar-refractivity contribution is -0.119. The summed E-state index contributed by atoms with van der Waals surface area (Å²) in [7, 11) is 0. The molecule has 2 heteroatoms. The largest absolute Gasteiger partial charge is 0.321 e. The van der Waals surface area contributed by atoms with Gasteiger partial charge in [-0.3, -0.25) is 4.79 Å². The van der Waals surface area contributed by atoms with Gasteiger partial charge < -0.3 is 5.73 Å². The summed E-state index contributed by atoms with van der Waals surface area (Å²) in [5, 5.41) is 0. The highest BCUT2D eigenvalue weighted by atomic mass is 16.1. The van der Waals surface area contributed by atoms with E-state index >= 15 is 0 Å². The van der Waals surface area contributed by atoms with Gasteiger partial charge in [0.05, 0.1) is 6.04 Å². The fourth-order valence-electron chi connectivity index (χ4n) is 1.83. The summed E-state index contributed by atoms with van der Waals surface area (Å²) in [5.74, 6) is 0.623. The first-order chi connectivity index (χ1) is 5.22. The van der Waals surface area contributed by atoms with Crippen molar-refractivity contribution in [1.82, 2.24) is 0 Å². The highest BCUT2D eigenvalue weighted by Crippen LogP contribution is 2.25. The van der Waals surface area contributed by atoms with E-state index in [1.165, 1.54) is 19.3 Å². The number of carbonyl (C=O) groups excluding carboxylic acids is 1. The Labute approximate surface area is 68.2 Å². The molecule has 1 aliphatic carbocycles. The zero-order valence-corrected chi connectivity index (χ0v) is 7.18. The highest BCUT2D eigenvalue weighted by molar-refractivity contribution is 5.81. The molecule has 0 spiro atoms. The van der Waals surface area contributed by atoms with Crippen molar-refractivity contribution in [2.45, 2.75) is 45.1 Å². The van der Waals surface area contributed by atoms with Gasteiger partial charge in [0.2, 0.25) is 0 Å². The molecular weight excluding hydrogens is 138 g/mol. The van der Waals surface area contributed by atoms with Gasteiger partial charge in [-0.2, -0.15) is 0 Å². The van der Waals surface area contributed by atoms with E-state index in [0.29, 0.717) is 5.92 Å². The molecule has 1 saturated carbocycles. The molecule has 2 N–H and O–H groups in total. The lowest BCUT2D eigenvalue weighted by Gasteiger charge is -2.25. The van der Waals surface area contributed by atoms with E-state index in [1.54, 1.807) is 6.92 Å². The van der Waals surface area contributed by atoms with Crippen molar-refractivity contribution in [3.63, 3.8) is 0 Å². The van der Waals surface area contributed by atoms with Crippen LogP contribution >= 0.6 is 0 Å². The van der Waals surface area contributed by atoms with E-state index in [4.69, 9.17) is 5.73 Å². The molecule has 0 bridgehead atoms. The highest BCUT2D eigenvalue weighted by Gasteiger charge is 2.22. The number of hydrogen-bond acceptors (Lipinski definition) is 2.